The van der Waals surface area contributed by atoms with Crippen LogP contribution in [0.15, 0.2) is 145 Å². The molecule has 6 aromatic carbocycles. The van der Waals surface area contributed by atoms with Crippen molar-refractivity contribution in [2.45, 2.75) is 0 Å². The smallest absolute Gasteiger partial charge is 0.265 e. The number of aromatic nitrogens is 3. The molecule has 4 nitrogen and oxygen atoms in total. The first-order valence-electron chi connectivity index (χ1n) is 14.5. The summed E-state index contributed by atoms with van der Waals surface area (Å²) in [6.45, 7) is 4.10. The predicted molar refractivity (Wildman–Crippen MR) is 181 cm³/mol. The normalized spacial score (nSPS) is 11.9. The summed E-state index contributed by atoms with van der Waals surface area (Å²) in [5.74, 6) is 0. The highest BCUT2D eigenvalue weighted by molar-refractivity contribution is 6.24. The molecule has 0 aliphatic carbocycles. The van der Waals surface area contributed by atoms with Crippen LogP contribution in [0.3, 0.4) is 0 Å². The van der Waals surface area contributed by atoms with E-state index in [1.165, 1.54) is 0 Å². The van der Waals surface area contributed by atoms with E-state index in [0.29, 0.717) is 5.39 Å². The average molecular weight is 552 g/mol. The number of benzene rings is 6. The zero-order chi connectivity index (χ0) is 28.7. The van der Waals surface area contributed by atoms with E-state index < -0.39 is 0 Å². The minimum absolute atomic E-state index is 0.0748. The second-order valence-electron chi connectivity index (χ2n) is 11.0. The average Bonchev–Trinajstić information content (AvgIpc) is 3.57. The Morgan fingerprint density at radius 3 is 1.65 bits per heavy atom. The van der Waals surface area contributed by atoms with Crippen molar-refractivity contribution < 1.29 is 0 Å². The maximum Gasteiger partial charge on any atom is 0.265 e. The van der Waals surface area contributed by atoms with Crippen LogP contribution in [0, 0.1) is 0 Å². The summed E-state index contributed by atoms with van der Waals surface area (Å²) in [7, 11) is 0. The quantitative estimate of drug-likeness (QED) is 0.201. The van der Waals surface area contributed by atoms with Gasteiger partial charge in [0.1, 0.15) is 0 Å². The Kier molecular flexibility index (Phi) is 4.88. The summed E-state index contributed by atoms with van der Waals surface area (Å²) >= 11 is 0. The van der Waals surface area contributed by atoms with E-state index in [2.05, 4.69) is 125 Å². The van der Waals surface area contributed by atoms with Gasteiger partial charge in [-0.1, -0.05) is 91.5 Å². The first kappa shape index (κ1) is 23.8. The minimum atomic E-state index is -0.0748. The third-order valence-corrected chi connectivity index (χ3v) is 8.82. The van der Waals surface area contributed by atoms with Gasteiger partial charge in [-0.25, -0.2) is 0 Å². The number of rotatable bonds is 3. The van der Waals surface area contributed by atoms with E-state index >= 15 is 0 Å². The van der Waals surface area contributed by atoms with Crippen LogP contribution in [0.1, 0.15) is 0 Å². The van der Waals surface area contributed by atoms with Crippen molar-refractivity contribution in [2.24, 2.45) is 0 Å². The van der Waals surface area contributed by atoms with Crippen LogP contribution in [-0.4, -0.2) is 13.7 Å². The molecule has 0 spiro atoms. The molecule has 0 bridgehead atoms. The molecule has 3 heterocycles. The lowest BCUT2D eigenvalue weighted by Crippen LogP contribution is -2.17. The lowest BCUT2D eigenvalue weighted by molar-refractivity contribution is 1.14. The summed E-state index contributed by atoms with van der Waals surface area (Å²) in [5, 5.41) is 7.04. The standard InChI is InChI=1S/C39H25N3O/c1-2-40-35-23-31-28-18-10-11-19-33(28)41(25-13-5-3-6-14-25)36(31)24-32(35)29-21-22-30-27-17-9-12-20-34(27)42(26-15-7-4-8-16-26)38(30)37(29)39(40)43/h2-24H,1H2. The Hall–Kier alpha value is -5.87. The maximum atomic E-state index is 14.5. The van der Waals surface area contributed by atoms with Crippen LogP contribution in [0.2, 0.25) is 0 Å². The summed E-state index contributed by atoms with van der Waals surface area (Å²) in [4.78, 5) is 14.5. The molecular weight excluding hydrogens is 526 g/mol. The fraction of sp³-hybridized carbons (Fsp3) is 0. The van der Waals surface area contributed by atoms with Gasteiger partial charge in [0.25, 0.3) is 5.56 Å². The van der Waals surface area contributed by atoms with Crippen LogP contribution in [0.25, 0.3) is 82.9 Å². The molecule has 0 atom stereocenters. The van der Waals surface area contributed by atoms with Gasteiger partial charge in [0, 0.05) is 44.5 Å². The van der Waals surface area contributed by atoms with E-state index in [-0.39, 0.29) is 5.56 Å². The third kappa shape index (κ3) is 3.18. The third-order valence-electron chi connectivity index (χ3n) is 8.82. The second-order valence-corrected chi connectivity index (χ2v) is 11.0. The van der Waals surface area contributed by atoms with Crippen molar-refractivity contribution in [3.05, 3.63) is 150 Å². The zero-order valence-electron chi connectivity index (χ0n) is 23.2. The van der Waals surface area contributed by atoms with Gasteiger partial charge in [-0.3, -0.25) is 9.36 Å². The van der Waals surface area contributed by atoms with Crippen molar-refractivity contribution in [3.8, 4) is 11.4 Å². The Morgan fingerprint density at radius 2 is 0.977 bits per heavy atom. The molecule has 0 aliphatic heterocycles. The van der Waals surface area contributed by atoms with Crippen molar-refractivity contribution >= 4 is 71.5 Å². The maximum absolute atomic E-state index is 14.5. The summed E-state index contributed by atoms with van der Waals surface area (Å²) in [5.41, 5.74) is 7.09. The first-order chi connectivity index (χ1) is 21.2. The van der Waals surface area contributed by atoms with Gasteiger partial charge in [0.15, 0.2) is 0 Å². The SMILES string of the molecule is C=Cn1c(=O)c2c(ccc3c4ccccc4n(-c4ccccc4)c32)c2cc3c(cc21)c1ccccc1n3-c1ccccc1. The van der Waals surface area contributed by atoms with Gasteiger partial charge >= 0.3 is 0 Å². The van der Waals surface area contributed by atoms with Gasteiger partial charge in [-0.15, -0.1) is 0 Å². The molecule has 0 unspecified atom stereocenters. The Morgan fingerprint density at radius 1 is 0.465 bits per heavy atom. The predicted octanol–water partition coefficient (Wildman–Crippen LogP) is 9.45. The van der Waals surface area contributed by atoms with E-state index in [4.69, 9.17) is 0 Å². The Labute approximate surface area is 246 Å². The molecule has 3 aromatic heterocycles. The highest BCUT2D eigenvalue weighted by Crippen LogP contribution is 2.40. The van der Waals surface area contributed by atoms with Crippen LogP contribution < -0.4 is 5.56 Å². The largest absolute Gasteiger partial charge is 0.309 e. The van der Waals surface area contributed by atoms with E-state index in [0.717, 1.165) is 71.3 Å². The monoisotopic (exact) mass is 551 g/mol. The van der Waals surface area contributed by atoms with E-state index in [9.17, 15) is 4.79 Å². The number of hydrogen-bond donors (Lipinski definition) is 0. The lowest BCUT2D eigenvalue weighted by Gasteiger charge is -2.14. The molecule has 4 heteroatoms. The molecule has 0 amide bonds. The fourth-order valence-electron chi connectivity index (χ4n) is 7.03. The van der Waals surface area contributed by atoms with Gasteiger partial charge in [0.05, 0.1) is 33.0 Å². The molecule has 202 valence electrons. The molecule has 0 radical (unpaired) electrons. The minimum Gasteiger partial charge on any atom is -0.309 e. The second kappa shape index (κ2) is 8.81. The van der Waals surface area contributed by atoms with Crippen LogP contribution >= 0.6 is 0 Å². The van der Waals surface area contributed by atoms with Gasteiger partial charge in [-0.05, 0) is 53.9 Å². The molecule has 9 aromatic rings. The highest BCUT2D eigenvalue weighted by atomic mass is 16.1. The zero-order valence-corrected chi connectivity index (χ0v) is 23.2. The lowest BCUT2D eigenvalue weighted by atomic mass is 10.0. The number of pyridine rings is 1. The molecule has 0 saturated heterocycles. The molecule has 0 saturated carbocycles. The molecule has 0 N–H and O–H groups in total. The van der Waals surface area contributed by atoms with Crippen molar-refractivity contribution in [1.29, 1.82) is 0 Å². The Bertz CT molecular complexity index is 2640. The van der Waals surface area contributed by atoms with Crippen molar-refractivity contribution in [1.82, 2.24) is 13.7 Å². The topological polar surface area (TPSA) is 31.9 Å². The van der Waals surface area contributed by atoms with Crippen LogP contribution in [0.4, 0.5) is 0 Å². The number of para-hydroxylation sites is 4. The molecule has 0 fully saturated rings. The van der Waals surface area contributed by atoms with Crippen molar-refractivity contribution in [3.63, 3.8) is 0 Å². The Balaban J connectivity index is 1.53. The highest BCUT2D eigenvalue weighted by Gasteiger charge is 2.21. The van der Waals surface area contributed by atoms with Gasteiger partial charge in [-0.2, -0.15) is 0 Å². The summed E-state index contributed by atoms with van der Waals surface area (Å²) < 4.78 is 6.27. The number of fused-ring (bicyclic) bond motifs is 10. The van der Waals surface area contributed by atoms with Crippen LogP contribution in [-0.2, 0) is 0 Å². The van der Waals surface area contributed by atoms with Gasteiger partial charge in [0.2, 0.25) is 0 Å². The van der Waals surface area contributed by atoms with Crippen LogP contribution in [0.5, 0.6) is 0 Å². The molecule has 9 rings (SSSR count). The van der Waals surface area contributed by atoms with E-state index in [1.54, 1.807) is 10.8 Å². The summed E-state index contributed by atoms with van der Waals surface area (Å²) in [6, 6.07) is 46.3. The fourth-order valence-corrected chi connectivity index (χ4v) is 7.03. The molecule has 43 heavy (non-hydrogen) atoms. The number of hydrogen-bond acceptors (Lipinski definition) is 1. The van der Waals surface area contributed by atoms with Gasteiger partial charge < -0.3 is 9.13 Å². The first-order valence-corrected chi connectivity index (χ1v) is 14.5. The molecular formula is C39H25N3O. The summed E-state index contributed by atoms with van der Waals surface area (Å²) in [6.07, 6.45) is 1.65. The van der Waals surface area contributed by atoms with Crippen molar-refractivity contribution in [2.75, 3.05) is 0 Å². The van der Waals surface area contributed by atoms with E-state index in [1.807, 2.05) is 24.3 Å². The number of nitrogens with zero attached hydrogens (tertiary/aromatic N) is 3. The molecule has 0 aliphatic rings.